The number of rotatable bonds is 0. The monoisotopic (exact) mass is 311 g/mol. The quantitative estimate of drug-likeness (QED) is 0.507. The Kier molecular flexibility index (Phi) is 4.94. The van der Waals surface area contributed by atoms with E-state index in [1.165, 1.54) is 0 Å². The van der Waals surface area contributed by atoms with E-state index in [4.69, 9.17) is 13.0 Å². The van der Waals surface area contributed by atoms with E-state index in [1.807, 2.05) is 0 Å². The zero-order valence-electron chi connectivity index (χ0n) is 2.37. The van der Waals surface area contributed by atoms with Gasteiger partial charge in [-0.05, 0) is 0 Å². The van der Waals surface area contributed by atoms with Gasteiger partial charge in [0, 0.05) is 31.7 Å². The molecule has 0 radical (unpaired) electrons. The van der Waals surface area contributed by atoms with Gasteiger partial charge >= 0.3 is 9.33 Å². The summed E-state index contributed by atoms with van der Waals surface area (Å²) in [6.07, 6.45) is 0. The molecule has 0 aromatic rings. The molecule has 0 aliphatic rings. The van der Waals surface area contributed by atoms with E-state index in [2.05, 4.69) is 10.7 Å². The van der Waals surface area contributed by atoms with Gasteiger partial charge in [0.25, 0.3) is 0 Å². The van der Waals surface area contributed by atoms with Crippen LogP contribution in [0.1, 0.15) is 0 Å². The minimum Gasteiger partial charge on any atom is -0.273 e. The third kappa shape index (κ3) is 93.7. The Morgan fingerprint density at radius 2 is 1.50 bits per heavy atom. The van der Waals surface area contributed by atoms with E-state index in [1.54, 1.807) is 0 Å². The normalized spacial score (nSPS) is 9.67. The molecule has 1 N–H and O–H groups in total. The molecule has 0 heterocycles. The summed E-state index contributed by atoms with van der Waals surface area (Å²) >= 11 is 0. The third-order valence-corrected chi connectivity index (χ3v) is 0. The summed E-state index contributed by atoms with van der Waals surface area (Å²) in [6, 6.07) is 0. The van der Waals surface area contributed by atoms with Crippen LogP contribution in [0.2, 0.25) is 0 Å². The van der Waals surface area contributed by atoms with Crippen molar-refractivity contribution >= 4 is 20.0 Å². The summed E-state index contributed by atoms with van der Waals surface area (Å²) in [5.41, 5.74) is 0. The first-order chi connectivity index (χ1) is 2.00. The van der Waals surface area contributed by atoms with Gasteiger partial charge in [-0.1, -0.05) is 0 Å². The second-order valence-corrected chi connectivity index (χ2v) is 2.41. The van der Waals surface area contributed by atoms with Crippen LogP contribution >= 0.6 is 10.7 Å². The molecule has 0 atom stereocenters. The van der Waals surface area contributed by atoms with Gasteiger partial charge in [-0.25, -0.2) is 0 Å². The zero-order chi connectivity index (χ0) is 4.50. The molecule has 0 aliphatic carbocycles. The number of halogens is 1. The van der Waals surface area contributed by atoms with Crippen LogP contribution in [0.5, 0.6) is 0 Å². The fraction of sp³-hybridized carbons (Fsp3) is 0. The summed E-state index contributed by atoms with van der Waals surface area (Å²) in [5, 5.41) is 0. The van der Waals surface area contributed by atoms with Gasteiger partial charge < -0.3 is 0 Å². The van der Waals surface area contributed by atoms with Crippen molar-refractivity contribution < 1.29 is 34.0 Å². The second kappa shape index (κ2) is 2.97. The minimum atomic E-state index is -4.19. The Morgan fingerprint density at radius 1 is 1.50 bits per heavy atom. The van der Waals surface area contributed by atoms with Crippen molar-refractivity contribution in [3.05, 3.63) is 0 Å². The van der Waals surface area contributed by atoms with Crippen LogP contribution in [0, 0.1) is 0 Å². The summed E-state index contributed by atoms with van der Waals surface area (Å²) in [5.74, 6) is 0. The summed E-state index contributed by atoms with van der Waals surface area (Å²) in [6.45, 7) is 0. The minimum absolute atomic E-state index is 0. The maximum Gasteiger partial charge on any atom is 0.353 e. The molecule has 0 unspecified atom stereocenters. The van der Waals surface area contributed by atoms with E-state index in [0.717, 1.165) is 0 Å². The molecule has 0 saturated heterocycles. The molecule has 0 rings (SSSR count). The molecule has 42 valence electrons. The van der Waals surface area contributed by atoms with Crippen LogP contribution in [-0.4, -0.2) is 13.0 Å². The summed E-state index contributed by atoms with van der Waals surface area (Å²) in [7, 11) is -0.137. The number of hydrogen-bond donors (Lipinski definition) is 1. The van der Waals surface area contributed by atoms with Crippen LogP contribution in [0.4, 0.5) is 0 Å². The van der Waals surface area contributed by atoms with Crippen LogP contribution in [-0.2, 0) is 30.4 Å². The Hall–Kier alpha value is 0.888. The molecule has 6 heteroatoms. The van der Waals surface area contributed by atoms with Crippen molar-refractivity contribution in [1.29, 1.82) is 0 Å². The van der Waals surface area contributed by atoms with Gasteiger partial charge in [0.2, 0.25) is 0 Å². The first kappa shape index (κ1) is 9.99. The Labute approximate surface area is 54.2 Å². The van der Waals surface area contributed by atoms with Gasteiger partial charge in [0.15, 0.2) is 0 Å². The molecule has 0 bridgehead atoms. The van der Waals surface area contributed by atoms with E-state index >= 15 is 0 Å². The molecule has 0 aliphatic heterocycles. The van der Waals surface area contributed by atoms with Crippen LogP contribution in [0.15, 0.2) is 0 Å². The van der Waals surface area contributed by atoms with Gasteiger partial charge in [0.05, 0.1) is 0 Å². The Bertz CT molecular complexity index is 94.0. The predicted molar refractivity (Wildman–Crippen MR) is 17.4 cm³/mol. The third-order valence-electron chi connectivity index (χ3n) is 0. The molecular formula is HClO3PtS. The van der Waals surface area contributed by atoms with Gasteiger partial charge in [-0.2, -0.15) is 8.42 Å². The SMILES string of the molecule is O=S(=O)(O)Cl.[Pt]. The topological polar surface area (TPSA) is 54.4 Å². The molecule has 6 heavy (non-hydrogen) atoms. The largest absolute Gasteiger partial charge is 0.353 e. The summed E-state index contributed by atoms with van der Waals surface area (Å²) in [4.78, 5) is 0. The van der Waals surface area contributed by atoms with Crippen molar-refractivity contribution in [1.82, 2.24) is 0 Å². The van der Waals surface area contributed by atoms with Gasteiger partial charge in [-0.3, -0.25) is 4.55 Å². The standard InChI is InChI=1S/ClHO3S.Pt/c1-5(2,3)4;/h(H,2,3,4);. The van der Waals surface area contributed by atoms with Crippen molar-refractivity contribution in [3.8, 4) is 0 Å². The first-order valence-corrected chi connectivity index (χ1v) is 2.94. The van der Waals surface area contributed by atoms with E-state index in [9.17, 15) is 0 Å². The van der Waals surface area contributed by atoms with Crippen molar-refractivity contribution in [2.75, 3.05) is 0 Å². The van der Waals surface area contributed by atoms with E-state index < -0.39 is 9.33 Å². The van der Waals surface area contributed by atoms with Crippen LogP contribution < -0.4 is 0 Å². The van der Waals surface area contributed by atoms with Crippen molar-refractivity contribution in [3.63, 3.8) is 0 Å². The van der Waals surface area contributed by atoms with Gasteiger partial charge in [-0.15, -0.1) is 0 Å². The predicted octanol–water partition coefficient (Wildman–Crippen LogP) is 0.0255. The maximum atomic E-state index is 8.95. The molecule has 0 spiro atoms. The molecule has 0 amide bonds. The summed E-state index contributed by atoms with van der Waals surface area (Å²) < 4.78 is 25.2. The molecule has 0 aromatic carbocycles. The van der Waals surface area contributed by atoms with Gasteiger partial charge in [0.1, 0.15) is 0 Å². The fourth-order valence-electron chi connectivity index (χ4n) is 0. The molecule has 0 fully saturated rings. The molecular weight excluding hydrogens is 311 g/mol. The zero-order valence-corrected chi connectivity index (χ0v) is 6.21. The first-order valence-electron chi connectivity index (χ1n) is 0.670. The average molecular weight is 312 g/mol. The molecule has 0 aromatic heterocycles. The van der Waals surface area contributed by atoms with Crippen LogP contribution in [0.25, 0.3) is 0 Å². The van der Waals surface area contributed by atoms with Crippen molar-refractivity contribution in [2.24, 2.45) is 0 Å². The second-order valence-electron chi connectivity index (χ2n) is 0.412. The van der Waals surface area contributed by atoms with Crippen LogP contribution in [0.3, 0.4) is 0 Å². The Morgan fingerprint density at radius 3 is 1.50 bits per heavy atom. The number of hydrogen-bond acceptors (Lipinski definition) is 2. The smallest absolute Gasteiger partial charge is 0.273 e. The fourth-order valence-corrected chi connectivity index (χ4v) is 0. The molecule has 3 nitrogen and oxygen atoms in total. The van der Waals surface area contributed by atoms with E-state index in [-0.39, 0.29) is 21.1 Å². The van der Waals surface area contributed by atoms with Crippen molar-refractivity contribution in [2.45, 2.75) is 0 Å². The maximum absolute atomic E-state index is 8.95. The van der Waals surface area contributed by atoms with E-state index in [0.29, 0.717) is 0 Å². The average Bonchev–Trinajstić information content (AvgIpc) is 0.722. The molecule has 0 saturated carbocycles. The Balaban J connectivity index is 0.